The highest BCUT2D eigenvalue weighted by Gasteiger charge is 2.11. The van der Waals surface area contributed by atoms with Gasteiger partial charge in [0.25, 0.3) is 0 Å². The van der Waals surface area contributed by atoms with Gasteiger partial charge in [0.05, 0.1) is 7.11 Å². The Morgan fingerprint density at radius 3 is 2.56 bits per heavy atom. The molecular weight excluding hydrogens is 200 g/mol. The summed E-state index contributed by atoms with van der Waals surface area (Å²) in [6.07, 6.45) is 2.37. The lowest BCUT2D eigenvalue weighted by Crippen LogP contribution is -1.99. The molecule has 1 aromatic carbocycles. The zero-order valence-electron chi connectivity index (χ0n) is 10.5. The number of aryl methyl sites for hydroxylation is 2. The van der Waals surface area contributed by atoms with E-state index in [0.717, 1.165) is 24.0 Å². The molecule has 0 saturated carbocycles. The summed E-state index contributed by atoms with van der Waals surface area (Å²) < 4.78 is 5.43. The fraction of sp³-hybridized carbons (Fsp3) is 0.500. The Bertz CT molecular complexity index is 367. The molecule has 0 N–H and O–H groups in total. The average Bonchev–Trinajstić information content (AvgIpc) is 2.25. The van der Waals surface area contributed by atoms with Crippen molar-refractivity contribution in [1.82, 2.24) is 0 Å². The lowest BCUT2D eigenvalue weighted by molar-refractivity contribution is -0.107. The highest BCUT2D eigenvalue weighted by Crippen LogP contribution is 2.31. The molecule has 2 nitrogen and oxygen atoms in total. The Labute approximate surface area is 97.6 Å². The van der Waals surface area contributed by atoms with Crippen molar-refractivity contribution in [3.63, 3.8) is 0 Å². The molecule has 1 rings (SSSR count). The van der Waals surface area contributed by atoms with Gasteiger partial charge in [-0.3, -0.25) is 0 Å². The van der Waals surface area contributed by atoms with Crippen LogP contribution in [0.25, 0.3) is 0 Å². The molecule has 2 heteroatoms. The van der Waals surface area contributed by atoms with Crippen LogP contribution in [-0.2, 0) is 11.2 Å². The van der Waals surface area contributed by atoms with Gasteiger partial charge in [-0.1, -0.05) is 26.0 Å². The summed E-state index contributed by atoms with van der Waals surface area (Å²) in [5.41, 5.74) is 3.59. The summed E-state index contributed by atoms with van der Waals surface area (Å²) in [5, 5.41) is 0. The monoisotopic (exact) mass is 220 g/mol. The van der Waals surface area contributed by atoms with E-state index >= 15 is 0 Å². The second-order valence-electron chi connectivity index (χ2n) is 4.40. The van der Waals surface area contributed by atoms with Gasteiger partial charge in [-0.05, 0) is 36.0 Å². The van der Waals surface area contributed by atoms with Crippen molar-refractivity contribution in [1.29, 1.82) is 0 Å². The Hall–Kier alpha value is -1.31. The van der Waals surface area contributed by atoms with E-state index in [-0.39, 0.29) is 0 Å². The van der Waals surface area contributed by atoms with Crippen LogP contribution in [0.4, 0.5) is 0 Å². The van der Waals surface area contributed by atoms with Crippen LogP contribution >= 0.6 is 0 Å². The van der Waals surface area contributed by atoms with Crippen molar-refractivity contribution in [3.05, 3.63) is 28.8 Å². The molecular formula is C14H20O2. The Balaban J connectivity index is 3.11. The predicted octanol–water partition coefficient (Wildman–Crippen LogP) is 3.26. The lowest BCUT2D eigenvalue weighted by Gasteiger charge is -2.16. The van der Waals surface area contributed by atoms with Crippen molar-refractivity contribution in [2.45, 2.75) is 39.5 Å². The number of aldehydes is 1. The number of ether oxygens (including phenoxy) is 1. The third-order valence-corrected chi connectivity index (χ3v) is 2.74. The van der Waals surface area contributed by atoms with Crippen LogP contribution in [0.5, 0.6) is 5.75 Å². The normalized spacial score (nSPS) is 10.6. The van der Waals surface area contributed by atoms with Crippen molar-refractivity contribution >= 4 is 6.29 Å². The Kier molecular flexibility index (Phi) is 4.53. The number of carbonyl (C=O) groups excluding carboxylic acids is 1. The highest BCUT2D eigenvalue weighted by atomic mass is 16.5. The van der Waals surface area contributed by atoms with E-state index in [1.54, 1.807) is 7.11 Å². The van der Waals surface area contributed by atoms with Crippen LogP contribution in [0.2, 0.25) is 0 Å². The molecule has 0 saturated heterocycles. The number of benzene rings is 1. The van der Waals surface area contributed by atoms with E-state index in [1.165, 1.54) is 11.1 Å². The second kappa shape index (κ2) is 5.69. The summed E-state index contributed by atoms with van der Waals surface area (Å²) in [6, 6.07) is 4.26. The summed E-state index contributed by atoms with van der Waals surface area (Å²) in [4.78, 5) is 10.4. The van der Waals surface area contributed by atoms with Crippen LogP contribution in [0.1, 0.15) is 42.9 Å². The average molecular weight is 220 g/mol. The van der Waals surface area contributed by atoms with Crippen molar-refractivity contribution in [3.8, 4) is 5.75 Å². The van der Waals surface area contributed by atoms with Gasteiger partial charge in [-0.25, -0.2) is 0 Å². The van der Waals surface area contributed by atoms with Gasteiger partial charge in [0.15, 0.2) is 0 Å². The molecule has 0 amide bonds. The van der Waals surface area contributed by atoms with Crippen molar-refractivity contribution in [2.24, 2.45) is 0 Å². The quantitative estimate of drug-likeness (QED) is 0.712. The van der Waals surface area contributed by atoms with Gasteiger partial charge >= 0.3 is 0 Å². The van der Waals surface area contributed by atoms with Gasteiger partial charge in [0.1, 0.15) is 12.0 Å². The predicted molar refractivity (Wildman–Crippen MR) is 66.2 cm³/mol. The SMILES string of the molecule is COc1c(C)cc(CCC=O)cc1C(C)C. The number of methoxy groups -OCH3 is 1. The first-order chi connectivity index (χ1) is 7.60. The molecule has 0 heterocycles. The van der Waals surface area contributed by atoms with Gasteiger partial charge < -0.3 is 9.53 Å². The Morgan fingerprint density at radius 2 is 2.06 bits per heavy atom. The number of carbonyl (C=O) groups is 1. The van der Waals surface area contributed by atoms with Crippen LogP contribution in [0.15, 0.2) is 12.1 Å². The smallest absolute Gasteiger partial charge is 0.125 e. The van der Waals surface area contributed by atoms with E-state index < -0.39 is 0 Å². The molecule has 16 heavy (non-hydrogen) atoms. The standard InChI is InChI=1S/C14H20O2/c1-10(2)13-9-12(6-5-7-15)8-11(3)14(13)16-4/h7-10H,5-6H2,1-4H3. The summed E-state index contributed by atoms with van der Waals surface area (Å²) in [7, 11) is 1.71. The number of hydrogen-bond acceptors (Lipinski definition) is 2. The second-order valence-corrected chi connectivity index (χ2v) is 4.40. The maximum atomic E-state index is 10.4. The van der Waals surface area contributed by atoms with Gasteiger partial charge in [0.2, 0.25) is 0 Å². The fourth-order valence-corrected chi connectivity index (χ4v) is 1.96. The maximum Gasteiger partial charge on any atom is 0.125 e. The number of rotatable bonds is 5. The lowest BCUT2D eigenvalue weighted by atomic mass is 9.95. The van der Waals surface area contributed by atoms with Crippen molar-refractivity contribution in [2.75, 3.05) is 7.11 Å². The molecule has 0 fully saturated rings. The largest absolute Gasteiger partial charge is 0.496 e. The molecule has 0 bridgehead atoms. The van der Waals surface area contributed by atoms with Crippen LogP contribution in [0, 0.1) is 6.92 Å². The Morgan fingerprint density at radius 1 is 1.38 bits per heavy atom. The van der Waals surface area contributed by atoms with Crippen LogP contribution in [0.3, 0.4) is 0 Å². The zero-order chi connectivity index (χ0) is 12.1. The molecule has 0 radical (unpaired) electrons. The van der Waals surface area contributed by atoms with E-state index in [1.807, 2.05) is 0 Å². The van der Waals surface area contributed by atoms with Gasteiger partial charge in [-0.15, -0.1) is 0 Å². The molecule has 0 aliphatic rings. The first-order valence-electron chi connectivity index (χ1n) is 5.71. The molecule has 0 spiro atoms. The minimum absolute atomic E-state index is 0.435. The van der Waals surface area contributed by atoms with E-state index in [4.69, 9.17) is 4.74 Å². The fourth-order valence-electron chi connectivity index (χ4n) is 1.96. The third-order valence-electron chi connectivity index (χ3n) is 2.74. The molecule has 1 aromatic rings. The molecule has 0 aliphatic heterocycles. The minimum Gasteiger partial charge on any atom is -0.496 e. The zero-order valence-corrected chi connectivity index (χ0v) is 10.5. The minimum atomic E-state index is 0.435. The van der Waals surface area contributed by atoms with E-state index in [0.29, 0.717) is 12.3 Å². The molecule has 0 atom stereocenters. The molecule has 0 unspecified atom stereocenters. The first kappa shape index (κ1) is 12.8. The topological polar surface area (TPSA) is 26.3 Å². The molecule has 0 aliphatic carbocycles. The third kappa shape index (κ3) is 2.84. The number of hydrogen-bond donors (Lipinski definition) is 0. The van der Waals surface area contributed by atoms with E-state index in [2.05, 4.69) is 32.9 Å². The molecule has 0 aromatic heterocycles. The summed E-state index contributed by atoms with van der Waals surface area (Å²) in [5.74, 6) is 1.41. The highest BCUT2D eigenvalue weighted by molar-refractivity contribution is 5.51. The maximum absolute atomic E-state index is 10.4. The van der Waals surface area contributed by atoms with E-state index in [9.17, 15) is 4.79 Å². The van der Waals surface area contributed by atoms with Gasteiger partial charge in [-0.2, -0.15) is 0 Å². The summed E-state index contributed by atoms with van der Waals surface area (Å²) in [6.45, 7) is 6.36. The van der Waals surface area contributed by atoms with Gasteiger partial charge in [0, 0.05) is 6.42 Å². The first-order valence-corrected chi connectivity index (χ1v) is 5.71. The summed E-state index contributed by atoms with van der Waals surface area (Å²) >= 11 is 0. The van der Waals surface area contributed by atoms with Crippen LogP contribution < -0.4 is 4.74 Å². The van der Waals surface area contributed by atoms with Crippen molar-refractivity contribution < 1.29 is 9.53 Å². The molecule has 88 valence electrons. The van der Waals surface area contributed by atoms with Crippen LogP contribution in [-0.4, -0.2) is 13.4 Å².